The van der Waals surface area contributed by atoms with Crippen LogP contribution in [0.1, 0.15) is 32.1 Å². The standard InChI is InChI=1S/C13H20FNO5S/c14-21(19,20)8-10-5-12(16)15(7-10)6-9-1-3-11(4-2-9)13(17)18/h9-11H,1-8H2,(H,17,18). The summed E-state index contributed by atoms with van der Waals surface area (Å²) >= 11 is 0. The summed E-state index contributed by atoms with van der Waals surface area (Å²) in [4.78, 5) is 24.3. The van der Waals surface area contributed by atoms with Gasteiger partial charge in [0.15, 0.2) is 0 Å². The van der Waals surface area contributed by atoms with E-state index in [0.717, 1.165) is 12.8 Å². The van der Waals surface area contributed by atoms with Gasteiger partial charge >= 0.3 is 16.2 Å². The van der Waals surface area contributed by atoms with Crippen LogP contribution < -0.4 is 0 Å². The Bertz CT molecular complexity index is 513. The quantitative estimate of drug-likeness (QED) is 0.764. The number of hydrogen-bond acceptors (Lipinski definition) is 4. The molecule has 0 spiro atoms. The van der Waals surface area contributed by atoms with Crippen LogP contribution in [0.2, 0.25) is 0 Å². The molecule has 1 N–H and O–H groups in total. The van der Waals surface area contributed by atoms with Gasteiger partial charge in [-0.25, -0.2) is 0 Å². The van der Waals surface area contributed by atoms with E-state index in [2.05, 4.69) is 0 Å². The van der Waals surface area contributed by atoms with Gasteiger partial charge in [-0.2, -0.15) is 8.42 Å². The number of nitrogens with zero attached hydrogens (tertiary/aromatic N) is 1. The first kappa shape index (κ1) is 16.2. The van der Waals surface area contributed by atoms with Gasteiger partial charge in [-0.1, -0.05) is 0 Å². The highest BCUT2D eigenvalue weighted by Crippen LogP contribution is 2.31. The SMILES string of the molecule is O=C(O)C1CCC(CN2CC(CS(=O)(=O)F)CC2=O)CC1. The van der Waals surface area contributed by atoms with E-state index >= 15 is 0 Å². The molecule has 8 heteroatoms. The number of carbonyl (C=O) groups is 2. The highest BCUT2D eigenvalue weighted by atomic mass is 32.3. The van der Waals surface area contributed by atoms with Crippen LogP contribution in [0.25, 0.3) is 0 Å². The van der Waals surface area contributed by atoms with Crippen LogP contribution in [-0.2, 0) is 19.8 Å². The first-order valence-corrected chi connectivity index (χ1v) is 8.73. The summed E-state index contributed by atoms with van der Waals surface area (Å²) in [7, 11) is -4.55. The Morgan fingerprint density at radius 1 is 1.24 bits per heavy atom. The molecule has 1 saturated heterocycles. The number of halogens is 1. The topological polar surface area (TPSA) is 91.8 Å². The second-order valence-electron chi connectivity index (χ2n) is 6.13. The molecule has 1 saturated carbocycles. The maximum Gasteiger partial charge on any atom is 0.306 e. The van der Waals surface area contributed by atoms with Crippen LogP contribution in [0.4, 0.5) is 3.89 Å². The van der Waals surface area contributed by atoms with Crippen molar-refractivity contribution >= 4 is 22.1 Å². The van der Waals surface area contributed by atoms with Crippen LogP contribution in [0.15, 0.2) is 0 Å². The third kappa shape index (κ3) is 4.66. The third-order valence-corrected chi connectivity index (χ3v) is 5.27. The highest BCUT2D eigenvalue weighted by Gasteiger charge is 2.35. The molecule has 1 heterocycles. The fourth-order valence-corrected chi connectivity index (χ4v) is 4.11. The Hall–Kier alpha value is -1.18. The maximum absolute atomic E-state index is 12.7. The summed E-state index contributed by atoms with van der Waals surface area (Å²) in [6.07, 6.45) is 2.82. The van der Waals surface area contributed by atoms with Crippen molar-refractivity contribution in [3.63, 3.8) is 0 Å². The number of carboxylic acid groups (broad SMARTS) is 1. The van der Waals surface area contributed by atoms with E-state index in [1.807, 2.05) is 0 Å². The number of carboxylic acids is 1. The van der Waals surface area contributed by atoms with Gasteiger partial charge in [0.25, 0.3) is 0 Å². The molecule has 2 aliphatic rings. The molecule has 2 rings (SSSR count). The van der Waals surface area contributed by atoms with Crippen LogP contribution in [-0.4, -0.2) is 49.1 Å². The maximum atomic E-state index is 12.7. The molecular formula is C13H20FNO5S. The predicted octanol–water partition coefficient (Wildman–Crippen LogP) is 1.03. The average molecular weight is 321 g/mol. The first-order chi connectivity index (χ1) is 9.74. The van der Waals surface area contributed by atoms with Crippen LogP contribution in [0.5, 0.6) is 0 Å². The monoisotopic (exact) mass is 321 g/mol. The second kappa shape index (κ2) is 6.29. The number of aliphatic carboxylic acids is 1. The minimum Gasteiger partial charge on any atom is -0.481 e. The van der Waals surface area contributed by atoms with Gasteiger partial charge in [0, 0.05) is 25.4 Å². The van der Waals surface area contributed by atoms with Crippen molar-refractivity contribution in [3.05, 3.63) is 0 Å². The molecule has 1 unspecified atom stereocenters. The molecular weight excluding hydrogens is 301 g/mol. The lowest BCUT2D eigenvalue weighted by Gasteiger charge is -2.29. The predicted molar refractivity (Wildman–Crippen MR) is 72.7 cm³/mol. The van der Waals surface area contributed by atoms with Crippen molar-refractivity contribution in [2.45, 2.75) is 32.1 Å². The summed E-state index contributed by atoms with van der Waals surface area (Å²) in [5, 5.41) is 8.94. The first-order valence-electron chi connectivity index (χ1n) is 7.17. The summed E-state index contributed by atoms with van der Waals surface area (Å²) in [5.41, 5.74) is 0. The van der Waals surface area contributed by atoms with E-state index in [1.165, 1.54) is 0 Å². The molecule has 6 nitrogen and oxygen atoms in total. The van der Waals surface area contributed by atoms with Crippen molar-refractivity contribution < 1.29 is 27.0 Å². The van der Waals surface area contributed by atoms with Crippen molar-refractivity contribution in [2.24, 2.45) is 17.8 Å². The lowest BCUT2D eigenvalue weighted by atomic mass is 9.82. The van der Waals surface area contributed by atoms with Gasteiger partial charge in [-0.3, -0.25) is 9.59 Å². The molecule has 1 amide bonds. The minimum absolute atomic E-state index is 0.0770. The van der Waals surface area contributed by atoms with Crippen LogP contribution in [0, 0.1) is 17.8 Å². The molecule has 0 radical (unpaired) electrons. The van der Waals surface area contributed by atoms with Gasteiger partial charge < -0.3 is 10.0 Å². The Morgan fingerprint density at radius 3 is 2.38 bits per heavy atom. The summed E-state index contributed by atoms with van der Waals surface area (Å²) < 4.78 is 33.9. The molecule has 1 aliphatic carbocycles. The molecule has 1 aliphatic heterocycles. The fourth-order valence-electron chi connectivity index (χ4n) is 3.33. The zero-order chi connectivity index (χ0) is 15.6. The van der Waals surface area contributed by atoms with Crippen molar-refractivity contribution in [3.8, 4) is 0 Å². The second-order valence-corrected chi connectivity index (χ2v) is 7.54. The Kier molecular flexibility index (Phi) is 4.85. The lowest BCUT2D eigenvalue weighted by molar-refractivity contribution is -0.143. The minimum atomic E-state index is -4.55. The largest absolute Gasteiger partial charge is 0.481 e. The third-order valence-electron chi connectivity index (χ3n) is 4.40. The van der Waals surface area contributed by atoms with E-state index in [0.29, 0.717) is 19.4 Å². The van der Waals surface area contributed by atoms with E-state index in [4.69, 9.17) is 5.11 Å². The van der Waals surface area contributed by atoms with Crippen molar-refractivity contribution in [1.29, 1.82) is 0 Å². The number of likely N-dealkylation sites (tertiary alicyclic amines) is 1. The zero-order valence-corrected chi connectivity index (χ0v) is 12.5. The molecule has 1 atom stereocenters. The van der Waals surface area contributed by atoms with Crippen molar-refractivity contribution in [1.82, 2.24) is 4.90 Å². The fraction of sp³-hybridized carbons (Fsp3) is 0.846. The van der Waals surface area contributed by atoms with E-state index < -0.39 is 27.9 Å². The Balaban J connectivity index is 1.82. The summed E-state index contributed by atoms with van der Waals surface area (Å²) in [6.45, 7) is 0.800. The summed E-state index contributed by atoms with van der Waals surface area (Å²) in [6, 6.07) is 0. The van der Waals surface area contributed by atoms with E-state index in [1.54, 1.807) is 4.90 Å². The highest BCUT2D eigenvalue weighted by molar-refractivity contribution is 7.86. The molecule has 2 fully saturated rings. The molecule has 0 bridgehead atoms. The van der Waals surface area contributed by atoms with E-state index in [-0.39, 0.29) is 30.7 Å². The number of carbonyl (C=O) groups excluding carboxylic acids is 1. The van der Waals surface area contributed by atoms with Gasteiger partial charge in [-0.05, 0) is 31.6 Å². The van der Waals surface area contributed by atoms with Gasteiger partial charge in [0.05, 0.1) is 11.7 Å². The molecule has 120 valence electrons. The van der Waals surface area contributed by atoms with Crippen LogP contribution in [0.3, 0.4) is 0 Å². The lowest BCUT2D eigenvalue weighted by Crippen LogP contribution is -2.34. The Labute approximate surface area is 123 Å². The number of rotatable bonds is 5. The van der Waals surface area contributed by atoms with Gasteiger partial charge in [0.2, 0.25) is 5.91 Å². The molecule has 0 aromatic heterocycles. The van der Waals surface area contributed by atoms with Crippen molar-refractivity contribution in [2.75, 3.05) is 18.8 Å². The Morgan fingerprint density at radius 2 is 1.86 bits per heavy atom. The number of amides is 1. The smallest absolute Gasteiger partial charge is 0.306 e. The average Bonchev–Trinajstić information content (AvgIpc) is 2.67. The number of hydrogen-bond donors (Lipinski definition) is 1. The molecule has 21 heavy (non-hydrogen) atoms. The molecule has 0 aromatic carbocycles. The summed E-state index contributed by atoms with van der Waals surface area (Å²) in [5.74, 6) is -2.00. The van der Waals surface area contributed by atoms with Crippen LogP contribution >= 0.6 is 0 Å². The van der Waals surface area contributed by atoms with E-state index in [9.17, 15) is 21.9 Å². The van der Waals surface area contributed by atoms with Gasteiger partial charge in [-0.15, -0.1) is 3.89 Å². The van der Waals surface area contributed by atoms with Gasteiger partial charge in [0.1, 0.15) is 0 Å². The zero-order valence-electron chi connectivity index (χ0n) is 11.7. The molecule has 0 aromatic rings. The normalized spacial score (nSPS) is 30.6.